The van der Waals surface area contributed by atoms with Crippen LogP contribution in [0.5, 0.6) is 0 Å². The average Bonchev–Trinajstić information content (AvgIpc) is 1.80. The topological polar surface area (TPSA) is 0 Å². The van der Waals surface area contributed by atoms with Crippen LogP contribution in [0.3, 0.4) is 0 Å². The molecule has 0 aliphatic heterocycles. The predicted molar refractivity (Wildman–Crippen MR) is 32.5 cm³/mol. The summed E-state index contributed by atoms with van der Waals surface area (Å²) in [6.07, 6.45) is 1.78. The van der Waals surface area contributed by atoms with Gasteiger partial charge in [-0.2, -0.15) is 0 Å². The van der Waals surface area contributed by atoms with Gasteiger partial charge in [-0.3, -0.25) is 0 Å². The molecule has 0 aromatic carbocycles. The lowest BCUT2D eigenvalue weighted by molar-refractivity contribution is 0.390. The Kier molecular flexibility index (Phi) is 1.65. The van der Waals surface area contributed by atoms with E-state index >= 15 is 0 Å². The second-order valence-electron chi connectivity index (χ2n) is 2.15. The maximum absolute atomic E-state index is 12.4. The van der Waals surface area contributed by atoms with Crippen LogP contribution in [-0.4, -0.2) is 6.17 Å². The molecule has 0 aromatic heterocycles. The molecule has 1 rings (SSSR count). The molecular weight excluding hydrogens is 122 g/mol. The molecule has 0 spiro atoms. The Hall–Kier alpha value is -0.660. The fourth-order valence-corrected chi connectivity index (χ4v) is 0.745. The van der Waals surface area contributed by atoms with Crippen LogP contribution in [0, 0.1) is 0 Å². The van der Waals surface area contributed by atoms with Crippen molar-refractivity contribution in [2.24, 2.45) is 0 Å². The maximum Gasteiger partial charge on any atom is 0.125 e. The second kappa shape index (κ2) is 2.29. The minimum absolute atomic E-state index is 0.319. The molecule has 9 heavy (non-hydrogen) atoms. The minimum Gasteiger partial charge on any atom is -0.242 e. The molecule has 0 heterocycles. The van der Waals surface area contributed by atoms with E-state index in [1.165, 1.54) is 0 Å². The van der Waals surface area contributed by atoms with Crippen LogP contribution in [0.1, 0.15) is 13.3 Å². The summed E-state index contributed by atoms with van der Waals surface area (Å²) in [5.74, 6) is -0.422. The van der Waals surface area contributed by atoms with E-state index in [1.807, 2.05) is 0 Å². The Morgan fingerprint density at radius 1 is 1.67 bits per heavy atom. The molecule has 1 aliphatic carbocycles. The smallest absolute Gasteiger partial charge is 0.125 e. The highest BCUT2D eigenvalue weighted by Crippen LogP contribution is 2.20. The summed E-state index contributed by atoms with van der Waals surface area (Å²) < 4.78 is 24.6. The van der Waals surface area contributed by atoms with Crippen molar-refractivity contribution < 1.29 is 8.78 Å². The first-order valence-corrected chi connectivity index (χ1v) is 2.88. The van der Waals surface area contributed by atoms with Crippen molar-refractivity contribution in [1.29, 1.82) is 0 Å². The van der Waals surface area contributed by atoms with E-state index in [2.05, 4.69) is 0 Å². The summed E-state index contributed by atoms with van der Waals surface area (Å²) in [6, 6.07) is 0. The summed E-state index contributed by atoms with van der Waals surface area (Å²) >= 11 is 0. The third-order valence-corrected chi connectivity index (χ3v) is 1.35. The van der Waals surface area contributed by atoms with Crippen LogP contribution in [-0.2, 0) is 0 Å². The van der Waals surface area contributed by atoms with Crippen molar-refractivity contribution in [3.05, 3.63) is 23.6 Å². The Balaban J connectivity index is 2.75. The van der Waals surface area contributed by atoms with Crippen molar-refractivity contribution in [2.75, 3.05) is 0 Å². The van der Waals surface area contributed by atoms with Crippen molar-refractivity contribution in [3.8, 4) is 0 Å². The zero-order valence-corrected chi connectivity index (χ0v) is 5.20. The highest BCUT2D eigenvalue weighted by atomic mass is 19.1. The minimum atomic E-state index is -1.12. The van der Waals surface area contributed by atoms with E-state index in [9.17, 15) is 8.78 Å². The van der Waals surface area contributed by atoms with E-state index in [0.717, 1.165) is 6.08 Å². The summed E-state index contributed by atoms with van der Waals surface area (Å²) in [4.78, 5) is 0. The molecule has 0 bridgehead atoms. The number of halogens is 2. The van der Waals surface area contributed by atoms with Gasteiger partial charge in [-0.05, 0) is 18.6 Å². The molecule has 0 saturated heterocycles. The first-order valence-electron chi connectivity index (χ1n) is 2.88. The van der Waals surface area contributed by atoms with E-state index < -0.39 is 12.0 Å². The molecule has 0 saturated carbocycles. The predicted octanol–water partition coefficient (Wildman–Crippen LogP) is 2.53. The van der Waals surface area contributed by atoms with Gasteiger partial charge in [0, 0.05) is 6.42 Å². The van der Waals surface area contributed by atoms with Crippen LogP contribution in [0.4, 0.5) is 8.78 Å². The van der Waals surface area contributed by atoms with Crippen LogP contribution >= 0.6 is 0 Å². The highest BCUT2D eigenvalue weighted by Gasteiger charge is 2.10. The Morgan fingerprint density at radius 3 is 2.78 bits per heavy atom. The van der Waals surface area contributed by atoms with Gasteiger partial charge >= 0.3 is 0 Å². The third kappa shape index (κ3) is 1.37. The molecule has 1 atom stereocenters. The van der Waals surface area contributed by atoms with Gasteiger partial charge in [-0.15, -0.1) is 0 Å². The highest BCUT2D eigenvalue weighted by molar-refractivity contribution is 5.27. The van der Waals surface area contributed by atoms with Gasteiger partial charge in [0.25, 0.3) is 0 Å². The van der Waals surface area contributed by atoms with E-state index in [1.54, 1.807) is 13.0 Å². The van der Waals surface area contributed by atoms with Crippen LogP contribution in [0.2, 0.25) is 0 Å². The fourth-order valence-electron chi connectivity index (χ4n) is 0.745. The Labute approximate surface area is 52.9 Å². The lowest BCUT2D eigenvalue weighted by Crippen LogP contribution is -1.99. The summed E-state index contributed by atoms with van der Waals surface area (Å²) in [5, 5.41) is 0. The number of rotatable bonds is 0. The SMILES string of the molecule is CC1=CCC(F)C=C1F. The van der Waals surface area contributed by atoms with Gasteiger partial charge in [-0.25, -0.2) is 8.78 Å². The van der Waals surface area contributed by atoms with Gasteiger partial charge < -0.3 is 0 Å². The van der Waals surface area contributed by atoms with Crippen molar-refractivity contribution in [1.82, 2.24) is 0 Å². The first-order chi connectivity index (χ1) is 4.20. The average molecular weight is 130 g/mol. The number of alkyl halides is 1. The molecule has 0 radical (unpaired) electrons. The molecule has 0 fully saturated rings. The Bertz CT molecular complexity index is 168. The molecule has 50 valence electrons. The van der Waals surface area contributed by atoms with Crippen molar-refractivity contribution in [3.63, 3.8) is 0 Å². The standard InChI is InChI=1S/C7H8F2/c1-5-2-3-6(8)4-7(5)9/h2,4,6H,3H2,1H3. The Morgan fingerprint density at radius 2 is 2.33 bits per heavy atom. The number of hydrogen-bond donors (Lipinski definition) is 0. The van der Waals surface area contributed by atoms with Crippen LogP contribution in [0.25, 0.3) is 0 Å². The molecular formula is C7H8F2. The van der Waals surface area contributed by atoms with Gasteiger partial charge in [-0.1, -0.05) is 6.08 Å². The zero-order chi connectivity index (χ0) is 6.85. The maximum atomic E-state index is 12.4. The number of hydrogen-bond acceptors (Lipinski definition) is 0. The molecule has 2 heteroatoms. The molecule has 1 unspecified atom stereocenters. The lowest BCUT2D eigenvalue weighted by Gasteiger charge is -2.07. The van der Waals surface area contributed by atoms with Gasteiger partial charge in [0.1, 0.15) is 12.0 Å². The van der Waals surface area contributed by atoms with E-state index in [-0.39, 0.29) is 0 Å². The van der Waals surface area contributed by atoms with Crippen molar-refractivity contribution in [2.45, 2.75) is 19.5 Å². The van der Waals surface area contributed by atoms with Gasteiger partial charge in [0.05, 0.1) is 0 Å². The van der Waals surface area contributed by atoms with Gasteiger partial charge in [0.2, 0.25) is 0 Å². The van der Waals surface area contributed by atoms with Gasteiger partial charge in [0.15, 0.2) is 0 Å². The van der Waals surface area contributed by atoms with E-state index in [0.29, 0.717) is 12.0 Å². The summed E-state index contributed by atoms with van der Waals surface area (Å²) in [6.45, 7) is 1.64. The lowest BCUT2D eigenvalue weighted by atomic mass is 10.1. The van der Waals surface area contributed by atoms with E-state index in [4.69, 9.17) is 0 Å². The fraction of sp³-hybridized carbons (Fsp3) is 0.429. The monoisotopic (exact) mass is 130 g/mol. The number of allylic oxidation sites excluding steroid dienone is 4. The van der Waals surface area contributed by atoms with Crippen molar-refractivity contribution >= 4 is 0 Å². The van der Waals surface area contributed by atoms with Crippen LogP contribution in [0.15, 0.2) is 23.6 Å². The quantitative estimate of drug-likeness (QED) is 0.472. The second-order valence-corrected chi connectivity index (χ2v) is 2.15. The molecule has 1 aliphatic rings. The van der Waals surface area contributed by atoms with Crippen LogP contribution < -0.4 is 0 Å². The normalized spacial score (nSPS) is 27.2. The molecule has 0 nitrogen and oxygen atoms in total. The molecule has 0 N–H and O–H groups in total. The summed E-state index contributed by atoms with van der Waals surface area (Å²) in [7, 11) is 0. The third-order valence-electron chi connectivity index (χ3n) is 1.35. The molecule has 0 amide bonds. The first kappa shape index (κ1) is 6.46. The molecule has 0 aromatic rings. The largest absolute Gasteiger partial charge is 0.242 e. The zero-order valence-electron chi connectivity index (χ0n) is 5.20. The summed E-state index contributed by atoms with van der Waals surface area (Å²) in [5.41, 5.74) is 0.545.